The zero-order chi connectivity index (χ0) is 24.5. The second kappa shape index (κ2) is 9.79. The van der Waals surface area contributed by atoms with Crippen LogP contribution >= 0.6 is 11.3 Å². The Morgan fingerprint density at radius 3 is 2.77 bits per heavy atom. The molecule has 0 saturated heterocycles. The summed E-state index contributed by atoms with van der Waals surface area (Å²) in [4.78, 5) is 26.6. The number of thiophene rings is 1. The Morgan fingerprint density at radius 1 is 1.20 bits per heavy atom. The number of amides is 1. The van der Waals surface area contributed by atoms with E-state index in [2.05, 4.69) is 5.32 Å². The van der Waals surface area contributed by atoms with Crippen LogP contribution in [0.1, 0.15) is 64.0 Å². The molecule has 0 fully saturated rings. The highest BCUT2D eigenvalue weighted by Gasteiger charge is 2.30. The van der Waals surface area contributed by atoms with E-state index in [-0.39, 0.29) is 25.0 Å². The zero-order valence-electron chi connectivity index (χ0n) is 19.6. The molecule has 1 amide bonds. The first-order valence-corrected chi connectivity index (χ1v) is 12.5. The van der Waals surface area contributed by atoms with Gasteiger partial charge in [0.1, 0.15) is 23.2 Å². The van der Waals surface area contributed by atoms with E-state index in [9.17, 15) is 14.0 Å². The second-order valence-corrected chi connectivity index (χ2v) is 10.1. The van der Waals surface area contributed by atoms with Crippen molar-refractivity contribution < 1.29 is 28.2 Å². The van der Waals surface area contributed by atoms with Crippen LogP contribution in [0.3, 0.4) is 0 Å². The fraction of sp³-hybridized carbons (Fsp3) is 0.333. The number of rotatable bonds is 6. The fourth-order valence-corrected chi connectivity index (χ4v) is 5.62. The van der Waals surface area contributed by atoms with Crippen LogP contribution < -0.4 is 10.1 Å². The lowest BCUT2D eigenvalue weighted by molar-refractivity contribution is -0.118. The summed E-state index contributed by atoms with van der Waals surface area (Å²) in [5.41, 5.74) is 3.17. The first kappa shape index (κ1) is 23.5. The number of carbonyl (C=O) groups excluding carboxylic acids is 2. The maximum atomic E-state index is 14.3. The molecule has 0 bridgehead atoms. The molecule has 0 spiro atoms. The number of esters is 1. The van der Waals surface area contributed by atoms with Gasteiger partial charge in [0.25, 0.3) is 0 Å². The molecule has 2 heterocycles. The summed E-state index contributed by atoms with van der Waals surface area (Å²) in [5, 5.41) is 3.40. The summed E-state index contributed by atoms with van der Waals surface area (Å²) < 4.78 is 31.9. The van der Waals surface area contributed by atoms with Gasteiger partial charge < -0.3 is 19.5 Å². The molecule has 1 N–H and O–H groups in total. The minimum Gasteiger partial charge on any atom is -0.460 e. The number of aryl methyl sites for hydroxylation is 1. The van der Waals surface area contributed by atoms with Crippen LogP contribution in [-0.4, -0.2) is 11.9 Å². The summed E-state index contributed by atoms with van der Waals surface area (Å²) in [6.07, 6.45) is 1.97. The molecule has 0 saturated carbocycles. The van der Waals surface area contributed by atoms with Crippen molar-refractivity contribution in [1.82, 2.24) is 0 Å². The number of nitrogens with one attached hydrogen (secondary N) is 1. The minimum absolute atomic E-state index is 0.154. The number of carbonyl (C=O) groups is 2. The first-order valence-electron chi connectivity index (χ1n) is 11.7. The molecule has 1 aromatic heterocycles. The number of ether oxygens (including phenoxy) is 3. The third kappa shape index (κ3) is 4.81. The summed E-state index contributed by atoms with van der Waals surface area (Å²) >= 11 is 1.43. The Labute approximate surface area is 207 Å². The Bertz CT molecular complexity index is 1270. The molecule has 2 aromatic carbocycles. The van der Waals surface area contributed by atoms with Crippen LogP contribution in [0.15, 0.2) is 42.5 Å². The molecule has 5 rings (SSSR count). The molecule has 1 aliphatic heterocycles. The molecule has 35 heavy (non-hydrogen) atoms. The summed E-state index contributed by atoms with van der Waals surface area (Å²) in [6.45, 7) is 3.61. The van der Waals surface area contributed by atoms with Gasteiger partial charge in [0.05, 0.1) is 12.2 Å². The Hall–Kier alpha value is -3.23. The molecular formula is C27H26FNO5S. The van der Waals surface area contributed by atoms with Crippen molar-refractivity contribution in [2.24, 2.45) is 5.92 Å². The van der Waals surface area contributed by atoms with Crippen LogP contribution in [-0.2, 0) is 40.3 Å². The maximum absolute atomic E-state index is 14.3. The van der Waals surface area contributed by atoms with Crippen molar-refractivity contribution in [2.45, 2.75) is 52.6 Å². The van der Waals surface area contributed by atoms with Crippen molar-refractivity contribution >= 4 is 28.2 Å². The molecule has 1 atom stereocenters. The number of fused-ring (bicyclic) bond motifs is 2. The monoisotopic (exact) mass is 495 g/mol. The van der Waals surface area contributed by atoms with Gasteiger partial charge >= 0.3 is 5.97 Å². The highest BCUT2D eigenvalue weighted by Crippen LogP contribution is 2.41. The molecule has 6 nitrogen and oxygen atoms in total. The molecule has 2 aliphatic rings. The Balaban J connectivity index is 1.38. The van der Waals surface area contributed by atoms with Crippen molar-refractivity contribution in [1.29, 1.82) is 0 Å². The number of halogens is 1. The van der Waals surface area contributed by atoms with Gasteiger partial charge in [-0.25, -0.2) is 9.18 Å². The third-order valence-electron chi connectivity index (χ3n) is 6.14. The number of hydrogen-bond acceptors (Lipinski definition) is 6. The number of hydrogen-bond donors (Lipinski definition) is 1. The van der Waals surface area contributed by atoms with E-state index in [1.807, 2.05) is 30.3 Å². The van der Waals surface area contributed by atoms with Crippen LogP contribution in [0.2, 0.25) is 0 Å². The van der Waals surface area contributed by atoms with Gasteiger partial charge in [-0.1, -0.05) is 44.2 Å². The van der Waals surface area contributed by atoms with E-state index in [1.165, 1.54) is 23.5 Å². The predicted molar refractivity (Wildman–Crippen MR) is 130 cm³/mol. The lowest BCUT2D eigenvalue weighted by Gasteiger charge is -2.28. The maximum Gasteiger partial charge on any atom is 0.341 e. The average molecular weight is 496 g/mol. The number of benzene rings is 2. The highest BCUT2D eigenvalue weighted by atomic mass is 32.1. The quantitative estimate of drug-likeness (QED) is 0.429. The van der Waals surface area contributed by atoms with Crippen LogP contribution in [0, 0.1) is 11.7 Å². The zero-order valence-corrected chi connectivity index (χ0v) is 20.4. The SMILES string of the molecule is CC(C)C(=O)Nc1sc2c(c1C(=O)OCc1cc(F)cc3c1O[C@@H](c1ccccc1)OC3)CCC2. The van der Waals surface area contributed by atoms with Gasteiger partial charge in [0.15, 0.2) is 0 Å². The summed E-state index contributed by atoms with van der Waals surface area (Å²) in [6, 6.07) is 12.2. The second-order valence-electron chi connectivity index (χ2n) is 9.01. The van der Waals surface area contributed by atoms with Crippen LogP contribution in [0.4, 0.5) is 9.39 Å². The van der Waals surface area contributed by atoms with Crippen molar-refractivity contribution in [3.05, 3.63) is 81.0 Å². The Morgan fingerprint density at radius 2 is 2.00 bits per heavy atom. The van der Waals surface area contributed by atoms with Crippen molar-refractivity contribution in [3.8, 4) is 5.75 Å². The minimum atomic E-state index is -0.637. The van der Waals surface area contributed by atoms with Gasteiger partial charge in [0.2, 0.25) is 12.2 Å². The first-order chi connectivity index (χ1) is 16.9. The average Bonchev–Trinajstić information content (AvgIpc) is 3.43. The van der Waals surface area contributed by atoms with E-state index < -0.39 is 18.1 Å². The molecule has 3 aromatic rings. The van der Waals surface area contributed by atoms with E-state index in [0.717, 1.165) is 35.3 Å². The molecule has 1 aliphatic carbocycles. The molecule has 0 radical (unpaired) electrons. The van der Waals surface area contributed by atoms with E-state index >= 15 is 0 Å². The fourth-order valence-electron chi connectivity index (χ4n) is 4.34. The van der Waals surface area contributed by atoms with Crippen molar-refractivity contribution in [3.63, 3.8) is 0 Å². The highest BCUT2D eigenvalue weighted by molar-refractivity contribution is 7.17. The van der Waals surface area contributed by atoms with Gasteiger partial charge in [-0.3, -0.25) is 4.79 Å². The Kier molecular flexibility index (Phi) is 6.58. The molecule has 8 heteroatoms. The van der Waals surface area contributed by atoms with E-state index in [4.69, 9.17) is 14.2 Å². The topological polar surface area (TPSA) is 73.9 Å². The lowest BCUT2D eigenvalue weighted by atomic mass is 10.1. The molecule has 0 unspecified atom stereocenters. The largest absolute Gasteiger partial charge is 0.460 e. The van der Waals surface area contributed by atoms with Gasteiger partial charge in [-0.2, -0.15) is 0 Å². The normalized spacial score (nSPS) is 16.4. The third-order valence-corrected chi connectivity index (χ3v) is 7.35. The van der Waals surface area contributed by atoms with Gasteiger partial charge in [0, 0.05) is 27.5 Å². The summed E-state index contributed by atoms with van der Waals surface area (Å²) in [7, 11) is 0. The van der Waals surface area contributed by atoms with E-state index in [0.29, 0.717) is 27.4 Å². The lowest BCUT2D eigenvalue weighted by Crippen LogP contribution is -2.20. The van der Waals surface area contributed by atoms with Crippen LogP contribution in [0.25, 0.3) is 0 Å². The standard InChI is InChI=1S/C27H26FNO5S/c1-15(2)24(30)29-25-22(20-9-6-10-21(20)35-25)26(31)32-13-17-11-19(28)12-18-14-33-27(34-23(17)18)16-7-4-3-5-8-16/h3-5,7-8,11-12,15,27H,6,9-10,13-14H2,1-2H3,(H,29,30)/t27-/m0/s1. The molecular weight excluding hydrogens is 469 g/mol. The summed E-state index contributed by atoms with van der Waals surface area (Å²) in [5.74, 6) is -0.900. The van der Waals surface area contributed by atoms with E-state index in [1.54, 1.807) is 13.8 Å². The molecule has 182 valence electrons. The van der Waals surface area contributed by atoms with Crippen molar-refractivity contribution in [2.75, 3.05) is 5.32 Å². The van der Waals surface area contributed by atoms with Gasteiger partial charge in [-0.05, 0) is 37.0 Å². The smallest absolute Gasteiger partial charge is 0.341 e. The number of anilines is 1. The van der Waals surface area contributed by atoms with Gasteiger partial charge in [-0.15, -0.1) is 11.3 Å². The van der Waals surface area contributed by atoms with Crippen LogP contribution in [0.5, 0.6) is 5.75 Å². The predicted octanol–water partition coefficient (Wildman–Crippen LogP) is 5.94.